The minimum Gasteiger partial charge on any atom is -0.383 e. The molecule has 0 aromatic carbocycles. The molecule has 0 amide bonds. The van der Waals surface area contributed by atoms with Crippen molar-refractivity contribution in [3.63, 3.8) is 0 Å². The van der Waals surface area contributed by atoms with Gasteiger partial charge in [0.2, 0.25) is 0 Å². The number of piperidine rings is 1. The standard InChI is InChI=1S/C11H21N3O/c1-15-9-8-14(7-3-5-12)11-4-2-6-13-10-11/h11,13H,2-4,6-10H2,1H3. The van der Waals surface area contributed by atoms with E-state index in [1.165, 1.54) is 12.8 Å². The van der Waals surface area contributed by atoms with Crippen LogP contribution in [-0.2, 0) is 4.74 Å². The largest absolute Gasteiger partial charge is 0.383 e. The molecule has 86 valence electrons. The summed E-state index contributed by atoms with van der Waals surface area (Å²) in [7, 11) is 1.72. The highest BCUT2D eigenvalue weighted by Crippen LogP contribution is 2.10. The summed E-state index contributed by atoms with van der Waals surface area (Å²) in [5.41, 5.74) is 0. The van der Waals surface area contributed by atoms with Crippen molar-refractivity contribution in [2.45, 2.75) is 25.3 Å². The van der Waals surface area contributed by atoms with Crippen molar-refractivity contribution in [3.8, 4) is 6.07 Å². The van der Waals surface area contributed by atoms with Gasteiger partial charge in [0.15, 0.2) is 0 Å². The number of nitrogens with one attached hydrogen (secondary N) is 1. The molecule has 0 aromatic heterocycles. The molecule has 4 heteroatoms. The third-order valence-electron chi connectivity index (χ3n) is 2.88. The Morgan fingerprint density at radius 3 is 3.00 bits per heavy atom. The minimum absolute atomic E-state index is 0.585. The summed E-state index contributed by atoms with van der Waals surface area (Å²) in [5, 5.41) is 12.0. The van der Waals surface area contributed by atoms with Crippen molar-refractivity contribution in [2.24, 2.45) is 0 Å². The van der Waals surface area contributed by atoms with E-state index >= 15 is 0 Å². The van der Waals surface area contributed by atoms with Crippen LogP contribution in [0.4, 0.5) is 0 Å². The Hall–Kier alpha value is -0.630. The van der Waals surface area contributed by atoms with E-state index in [1.54, 1.807) is 7.11 Å². The van der Waals surface area contributed by atoms with E-state index in [0.29, 0.717) is 12.5 Å². The van der Waals surface area contributed by atoms with Gasteiger partial charge in [0.05, 0.1) is 12.7 Å². The van der Waals surface area contributed by atoms with E-state index in [9.17, 15) is 0 Å². The number of ether oxygens (including phenoxy) is 1. The Kier molecular flexibility index (Phi) is 6.33. The number of rotatable bonds is 6. The lowest BCUT2D eigenvalue weighted by Gasteiger charge is -2.34. The van der Waals surface area contributed by atoms with Gasteiger partial charge in [-0.3, -0.25) is 4.90 Å². The molecule has 1 N–H and O–H groups in total. The third kappa shape index (κ3) is 4.61. The molecule has 0 radical (unpaired) electrons. The molecule has 1 aliphatic rings. The van der Waals surface area contributed by atoms with E-state index in [0.717, 1.165) is 32.8 Å². The lowest BCUT2D eigenvalue weighted by Crippen LogP contribution is -2.47. The van der Waals surface area contributed by atoms with Crippen LogP contribution in [0.2, 0.25) is 0 Å². The van der Waals surface area contributed by atoms with E-state index in [2.05, 4.69) is 16.3 Å². The minimum atomic E-state index is 0.585. The van der Waals surface area contributed by atoms with Crippen LogP contribution < -0.4 is 5.32 Å². The lowest BCUT2D eigenvalue weighted by atomic mass is 10.1. The molecule has 15 heavy (non-hydrogen) atoms. The Morgan fingerprint density at radius 2 is 2.40 bits per heavy atom. The molecule has 0 spiro atoms. The molecule has 1 aliphatic heterocycles. The molecule has 0 bridgehead atoms. The number of nitriles is 1. The topological polar surface area (TPSA) is 48.3 Å². The fourth-order valence-electron chi connectivity index (χ4n) is 2.02. The first kappa shape index (κ1) is 12.4. The number of hydrogen-bond acceptors (Lipinski definition) is 4. The SMILES string of the molecule is COCCN(CCC#N)C1CCCNC1. The fourth-order valence-corrected chi connectivity index (χ4v) is 2.02. The van der Waals surface area contributed by atoms with Crippen LogP contribution in [0.3, 0.4) is 0 Å². The number of hydrogen-bond donors (Lipinski definition) is 1. The summed E-state index contributed by atoms with van der Waals surface area (Å²) < 4.78 is 5.10. The van der Waals surface area contributed by atoms with Gasteiger partial charge in [-0.1, -0.05) is 0 Å². The molecule has 0 saturated carbocycles. The van der Waals surface area contributed by atoms with Gasteiger partial charge in [-0.15, -0.1) is 0 Å². The highest BCUT2D eigenvalue weighted by atomic mass is 16.5. The van der Waals surface area contributed by atoms with Crippen LogP contribution >= 0.6 is 0 Å². The molecule has 1 fully saturated rings. The zero-order valence-electron chi connectivity index (χ0n) is 9.54. The van der Waals surface area contributed by atoms with Crippen LogP contribution in [0.5, 0.6) is 0 Å². The fraction of sp³-hybridized carbons (Fsp3) is 0.909. The average molecular weight is 211 g/mol. The van der Waals surface area contributed by atoms with Gasteiger partial charge < -0.3 is 10.1 Å². The van der Waals surface area contributed by atoms with Crippen LogP contribution in [0, 0.1) is 11.3 Å². The van der Waals surface area contributed by atoms with Crippen LogP contribution in [0.25, 0.3) is 0 Å². The summed E-state index contributed by atoms with van der Waals surface area (Å²) >= 11 is 0. The predicted molar refractivity (Wildman–Crippen MR) is 59.6 cm³/mol. The Labute approximate surface area is 92.2 Å². The molecule has 1 saturated heterocycles. The smallest absolute Gasteiger partial charge is 0.0635 e. The molecule has 1 unspecified atom stereocenters. The van der Waals surface area contributed by atoms with Gasteiger partial charge in [-0.2, -0.15) is 5.26 Å². The number of nitrogens with zero attached hydrogens (tertiary/aromatic N) is 2. The maximum absolute atomic E-state index is 8.62. The molecule has 1 atom stereocenters. The third-order valence-corrected chi connectivity index (χ3v) is 2.88. The van der Waals surface area contributed by atoms with Gasteiger partial charge in [-0.25, -0.2) is 0 Å². The summed E-state index contributed by atoms with van der Waals surface area (Å²) in [5.74, 6) is 0. The highest BCUT2D eigenvalue weighted by Gasteiger charge is 2.19. The van der Waals surface area contributed by atoms with Crippen molar-refractivity contribution in [3.05, 3.63) is 0 Å². The maximum atomic E-state index is 8.62. The second kappa shape index (κ2) is 7.63. The first-order valence-electron chi connectivity index (χ1n) is 5.69. The summed E-state index contributed by atoms with van der Waals surface area (Å²) in [6.07, 6.45) is 3.09. The second-order valence-corrected chi connectivity index (χ2v) is 3.94. The van der Waals surface area contributed by atoms with Gasteiger partial charge in [-0.05, 0) is 19.4 Å². The molecular weight excluding hydrogens is 190 g/mol. The predicted octanol–water partition coefficient (Wildman–Crippen LogP) is 0.600. The van der Waals surface area contributed by atoms with Crippen molar-refractivity contribution < 1.29 is 4.74 Å². The van der Waals surface area contributed by atoms with E-state index < -0.39 is 0 Å². The zero-order valence-corrected chi connectivity index (χ0v) is 9.54. The van der Waals surface area contributed by atoms with Gasteiger partial charge in [0.1, 0.15) is 0 Å². The Morgan fingerprint density at radius 1 is 1.53 bits per heavy atom. The van der Waals surface area contributed by atoms with Crippen molar-refractivity contribution in [1.29, 1.82) is 5.26 Å². The first-order chi connectivity index (χ1) is 7.38. The second-order valence-electron chi connectivity index (χ2n) is 3.94. The highest BCUT2D eigenvalue weighted by molar-refractivity contribution is 4.81. The van der Waals surface area contributed by atoms with Crippen LogP contribution in [0.15, 0.2) is 0 Å². The first-order valence-corrected chi connectivity index (χ1v) is 5.69. The van der Waals surface area contributed by atoms with Crippen molar-refractivity contribution in [2.75, 3.05) is 39.9 Å². The molecule has 1 rings (SSSR count). The Balaban J connectivity index is 2.34. The maximum Gasteiger partial charge on any atom is 0.0635 e. The molecular formula is C11H21N3O. The normalized spacial score (nSPS) is 21.5. The number of methoxy groups -OCH3 is 1. The molecule has 4 nitrogen and oxygen atoms in total. The van der Waals surface area contributed by atoms with E-state index in [1.807, 2.05) is 0 Å². The summed E-state index contributed by atoms with van der Waals surface area (Å²) in [6, 6.07) is 2.80. The van der Waals surface area contributed by atoms with Crippen molar-refractivity contribution in [1.82, 2.24) is 10.2 Å². The van der Waals surface area contributed by atoms with E-state index in [4.69, 9.17) is 10.00 Å². The van der Waals surface area contributed by atoms with Gasteiger partial charge in [0.25, 0.3) is 0 Å². The van der Waals surface area contributed by atoms with Gasteiger partial charge >= 0.3 is 0 Å². The molecule has 0 aromatic rings. The Bertz CT molecular complexity index is 196. The molecule has 0 aliphatic carbocycles. The van der Waals surface area contributed by atoms with Crippen LogP contribution in [-0.4, -0.2) is 50.8 Å². The van der Waals surface area contributed by atoms with Crippen LogP contribution in [0.1, 0.15) is 19.3 Å². The van der Waals surface area contributed by atoms with Gasteiger partial charge in [0, 0.05) is 39.2 Å². The average Bonchev–Trinajstić information content (AvgIpc) is 2.30. The lowest BCUT2D eigenvalue weighted by molar-refractivity contribution is 0.109. The van der Waals surface area contributed by atoms with Crippen molar-refractivity contribution >= 4 is 0 Å². The quantitative estimate of drug-likeness (QED) is 0.699. The molecule has 1 heterocycles. The summed E-state index contributed by atoms with van der Waals surface area (Å²) in [4.78, 5) is 2.37. The van der Waals surface area contributed by atoms with E-state index in [-0.39, 0.29) is 0 Å². The monoisotopic (exact) mass is 211 g/mol. The summed E-state index contributed by atoms with van der Waals surface area (Å²) in [6.45, 7) is 4.74. The zero-order chi connectivity index (χ0) is 10.9.